The minimum atomic E-state index is -3.63. The van der Waals surface area contributed by atoms with Crippen LogP contribution in [0.2, 0.25) is 5.02 Å². The monoisotopic (exact) mass is 423 g/mol. The lowest BCUT2D eigenvalue weighted by atomic mass is 10.00. The third kappa shape index (κ3) is 3.67. The Labute approximate surface area is 166 Å². The van der Waals surface area contributed by atoms with Gasteiger partial charge in [0.25, 0.3) is 0 Å². The van der Waals surface area contributed by atoms with Gasteiger partial charge in [0.2, 0.25) is 21.7 Å². The molecule has 1 fully saturated rings. The average molecular weight is 424 g/mol. The molecule has 1 atom stereocenters. The van der Waals surface area contributed by atoms with Crippen LogP contribution in [0.3, 0.4) is 0 Å². The predicted molar refractivity (Wildman–Crippen MR) is 105 cm³/mol. The number of aromatic nitrogens is 2. The summed E-state index contributed by atoms with van der Waals surface area (Å²) < 4.78 is 33.2. The third-order valence-electron chi connectivity index (χ3n) is 4.68. The van der Waals surface area contributed by atoms with Gasteiger partial charge in [-0.15, -0.1) is 11.3 Å². The first kappa shape index (κ1) is 18.6. The Morgan fingerprint density at radius 3 is 2.96 bits per heavy atom. The smallest absolute Gasteiger partial charge is 0.243 e. The molecule has 27 heavy (non-hydrogen) atoms. The summed E-state index contributed by atoms with van der Waals surface area (Å²) in [7, 11) is -3.63. The van der Waals surface area contributed by atoms with Gasteiger partial charge in [-0.25, -0.2) is 8.42 Å². The number of thiophene rings is 1. The number of halogens is 1. The van der Waals surface area contributed by atoms with Crippen molar-refractivity contribution >= 4 is 33.0 Å². The molecule has 0 spiro atoms. The lowest BCUT2D eigenvalue weighted by Crippen LogP contribution is -2.39. The van der Waals surface area contributed by atoms with Crippen LogP contribution >= 0.6 is 22.9 Å². The Bertz CT molecular complexity index is 1050. The van der Waals surface area contributed by atoms with Gasteiger partial charge >= 0.3 is 0 Å². The number of benzene rings is 1. The van der Waals surface area contributed by atoms with Gasteiger partial charge in [-0.2, -0.15) is 9.29 Å². The van der Waals surface area contributed by atoms with Gasteiger partial charge < -0.3 is 4.52 Å². The standard InChI is InChI=1S/C18H18ClN3O3S2/c1-12-6-7-14(19)10-16(12)27(23,24)22-8-2-4-13(11-22)18-20-17(21-25-18)15-5-3-9-26-15/h3,5-7,9-10,13H,2,4,8,11H2,1H3. The van der Waals surface area contributed by atoms with Gasteiger partial charge in [-0.1, -0.05) is 28.9 Å². The molecule has 1 aromatic carbocycles. The van der Waals surface area contributed by atoms with Gasteiger partial charge in [0.1, 0.15) is 0 Å². The number of hydrogen-bond donors (Lipinski definition) is 0. The molecule has 1 aliphatic rings. The molecule has 0 aliphatic carbocycles. The first-order valence-corrected chi connectivity index (χ1v) is 11.3. The summed E-state index contributed by atoms with van der Waals surface area (Å²) >= 11 is 7.56. The van der Waals surface area contributed by atoms with E-state index in [4.69, 9.17) is 16.1 Å². The van der Waals surface area contributed by atoms with Crippen molar-refractivity contribution in [1.82, 2.24) is 14.4 Å². The molecule has 1 unspecified atom stereocenters. The lowest BCUT2D eigenvalue weighted by molar-refractivity contribution is 0.265. The van der Waals surface area contributed by atoms with Crippen molar-refractivity contribution in [3.05, 3.63) is 52.2 Å². The second kappa shape index (κ2) is 7.35. The van der Waals surface area contributed by atoms with Gasteiger partial charge in [-0.05, 0) is 48.9 Å². The molecular weight excluding hydrogens is 406 g/mol. The van der Waals surface area contributed by atoms with E-state index in [9.17, 15) is 8.42 Å². The van der Waals surface area contributed by atoms with Gasteiger partial charge in [0, 0.05) is 18.1 Å². The van der Waals surface area contributed by atoms with Crippen LogP contribution in [0, 0.1) is 6.92 Å². The van der Waals surface area contributed by atoms with E-state index in [0.29, 0.717) is 35.4 Å². The quantitative estimate of drug-likeness (QED) is 0.624. The first-order valence-electron chi connectivity index (χ1n) is 8.59. The molecule has 1 saturated heterocycles. The number of hydrogen-bond acceptors (Lipinski definition) is 6. The minimum absolute atomic E-state index is 0.116. The number of rotatable bonds is 4. The largest absolute Gasteiger partial charge is 0.339 e. The fourth-order valence-electron chi connectivity index (χ4n) is 3.26. The second-order valence-electron chi connectivity index (χ2n) is 6.55. The van der Waals surface area contributed by atoms with E-state index in [0.717, 1.165) is 17.7 Å². The van der Waals surface area contributed by atoms with Crippen molar-refractivity contribution in [2.75, 3.05) is 13.1 Å². The Hall–Kier alpha value is -1.74. The molecule has 3 heterocycles. The number of piperidine rings is 1. The molecule has 0 amide bonds. The number of sulfonamides is 1. The van der Waals surface area contributed by atoms with Crippen LogP contribution in [-0.2, 0) is 10.0 Å². The molecule has 0 saturated carbocycles. The summed E-state index contributed by atoms with van der Waals surface area (Å²) in [5, 5.41) is 6.40. The van der Waals surface area contributed by atoms with Crippen LogP contribution in [0.5, 0.6) is 0 Å². The van der Waals surface area contributed by atoms with Crippen LogP contribution in [-0.4, -0.2) is 36.0 Å². The minimum Gasteiger partial charge on any atom is -0.339 e. The molecule has 4 rings (SSSR count). The van der Waals surface area contributed by atoms with Gasteiger partial charge in [0.05, 0.1) is 15.7 Å². The molecule has 2 aromatic heterocycles. The lowest BCUT2D eigenvalue weighted by Gasteiger charge is -2.30. The molecule has 0 N–H and O–H groups in total. The normalized spacial score (nSPS) is 18.7. The zero-order valence-electron chi connectivity index (χ0n) is 14.6. The Balaban J connectivity index is 1.59. The van der Waals surface area contributed by atoms with E-state index >= 15 is 0 Å². The second-order valence-corrected chi connectivity index (χ2v) is 9.84. The van der Waals surface area contributed by atoms with E-state index in [1.54, 1.807) is 19.1 Å². The maximum absolute atomic E-state index is 13.1. The van der Waals surface area contributed by atoms with Crippen molar-refractivity contribution in [1.29, 1.82) is 0 Å². The Kier molecular flexibility index (Phi) is 5.07. The zero-order chi connectivity index (χ0) is 19.0. The fourth-order valence-corrected chi connectivity index (χ4v) is 5.92. The van der Waals surface area contributed by atoms with Gasteiger partial charge in [0.15, 0.2) is 0 Å². The SMILES string of the molecule is Cc1ccc(Cl)cc1S(=O)(=O)N1CCCC(c2nc(-c3cccs3)no2)C1. The Morgan fingerprint density at radius 2 is 2.19 bits per heavy atom. The molecular formula is C18H18ClN3O3S2. The summed E-state index contributed by atoms with van der Waals surface area (Å²) in [4.78, 5) is 5.67. The average Bonchev–Trinajstić information content (AvgIpc) is 3.35. The fraction of sp³-hybridized carbons (Fsp3) is 0.333. The summed E-state index contributed by atoms with van der Waals surface area (Å²) in [5.74, 6) is 0.918. The van der Waals surface area contributed by atoms with Crippen molar-refractivity contribution in [3.63, 3.8) is 0 Å². The van der Waals surface area contributed by atoms with Gasteiger partial charge in [-0.3, -0.25) is 0 Å². The van der Waals surface area contributed by atoms with E-state index < -0.39 is 10.0 Å². The molecule has 0 radical (unpaired) electrons. The highest BCUT2D eigenvalue weighted by Crippen LogP contribution is 2.32. The highest BCUT2D eigenvalue weighted by molar-refractivity contribution is 7.89. The van der Waals surface area contributed by atoms with Crippen molar-refractivity contribution < 1.29 is 12.9 Å². The van der Waals surface area contributed by atoms with Crippen molar-refractivity contribution in [2.45, 2.75) is 30.6 Å². The van der Waals surface area contributed by atoms with Crippen LogP contribution in [0.1, 0.15) is 30.2 Å². The molecule has 0 bridgehead atoms. The van der Waals surface area contributed by atoms with Crippen LogP contribution in [0.25, 0.3) is 10.7 Å². The third-order valence-corrected chi connectivity index (χ3v) is 7.79. The van der Waals surface area contributed by atoms with Crippen molar-refractivity contribution in [3.8, 4) is 10.7 Å². The van der Waals surface area contributed by atoms with E-state index in [1.165, 1.54) is 21.7 Å². The predicted octanol–water partition coefficient (Wildman–Crippen LogP) is 4.33. The molecule has 142 valence electrons. The number of nitrogens with zero attached hydrogens (tertiary/aromatic N) is 3. The van der Waals surface area contributed by atoms with Crippen molar-refractivity contribution in [2.24, 2.45) is 0 Å². The highest BCUT2D eigenvalue weighted by atomic mass is 35.5. The van der Waals surface area contributed by atoms with Crippen LogP contribution < -0.4 is 0 Å². The van der Waals surface area contributed by atoms with E-state index in [1.807, 2.05) is 17.5 Å². The first-order chi connectivity index (χ1) is 12.9. The zero-order valence-corrected chi connectivity index (χ0v) is 17.0. The molecule has 3 aromatic rings. The molecule has 9 heteroatoms. The number of aryl methyl sites for hydroxylation is 1. The summed E-state index contributed by atoms with van der Waals surface area (Å²) in [6.45, 7) is 2.56. The van der Waals surface area contributed by atoms with E-state index in [2.05, 4.69) is 10.1 Å². The summed E-state index contributed by atoms with van der Waals surface area (Å²) in [5.41, 5.74) is 0.680. The Morgan fingerprint density at radius 1 is 1.33 bits per heavy atom. The molecule has 1 aliphatic heterocycles. The van der Waals surface area contributed by atoms with Crippen LogP contribution in [0.4, 0.5) is 0 Å². The van der Waals surface area contributed by atoms with Crippen LogP contribution in [0.15, 0.2) is 45.1 Å². The topological polar surface area (TPSA) is 76.3 Å². The highest BCUT2D eigenvalue weighted by Gasteiger charge is 2.34. The van der Waals surface area contributed by atoms with E-state index in [-0.39, 0.29) is 10.8 Å². The summed E-state index contributed by atoms with van der Waals surface area (Å²) in [6.07, 6.45) is 1.55. The molecule has 6 nitrogen and oxygen atoms in total. The maximum Gasteiger partial charge on any atom is 0.243 e. The maximum atomic E-state index is 13.1. The summed E-state index contributed by atoms with van der Waals surface area (Å²) in [6, 6.07) is 8.79.